The average Bonchev–Trinajstić information content (AvgIpc) is 2.08. The van der Waals surface area contributed by atoms with Crippen LogP contribution in [0.25, 0.3) is 0 Å². The van der Waals surface area contributed by atoms with Crippen LogP contribution in [-0.4, -0.2) is 18.2 Å². The third-order valence-electron chi connectivity index (χ3n) is 1.42. The van der Waals surface area contributed by atoms with Crippen molar-refractivity contribution in [2.75, 3.05) is 7.11 Å². The van der Waals surface area contributed by atoms with Gasteiger partial charge in [-0.15, -0.1) is 12.6 Å². The summed E-state index contributed by atoms with van der Waals surface area (Å²) in [5.41, 5.74) is 0.130. The molecule has 0 aliphatic heterocycles. The molecule has 0 fully saturated rings. The van der Waals surface area contributed by atoms with Crippen molar-refractivity contribution in [2.45, 2.75) is 4.90 Å². The number of esters is 1. The number of ether oxygens (including phenoxy) is 1. The lowest BCUT2D eigenvalue weighted by Gasteiger charge is -2.03. The highest BCUT2D eigenvalue weighted by Crippen LogP contribution is 2.25. The second kappa shape index (κ2) is 3.49. The molecule has 0 saturated carbocycles. The van der Waals surface area contributed by atoms with Crippen molar-refractivity contribution >= 4 is 18.6 Å². The Kier molecular flexibility index (Phi) is 2.60. The summed E-state index contributed by atoms with van der Waals surface area (Å²) in [6.07, 6.45) is 0. The molecule has 0 heterocycles. The van der Waals surface area contributed by atoms with Gasteiger partial charge in [-0.3, -0.25) is 0 Å². The van der Waals surface area contributed by atoms with Gasteiger partial charge in [0.25, 0.3) is 0 Å². The number of carbonyl (C=O) groups excluding carboxylic acids is 1. The van der Waals surface area contributed by atoms with Crippen LogP contribution in [0.5, 0.6) is 5.75 Å². The topological polar surface area (TPSA) is 46.5 Å². The number of benzene rings is 1. The summed E-state index contributed by atoms with van der Waals surface area (Å²) in [5.74, 6) is -0.712. The number of phenolic OH excluding ortho intramolecular Hbond substituents is 1. The summed E-state index contributed by atoms with van der Waals surface area (Å²) >= 11 is 3.94. The third kappa shape index (κ3) is 1.53. The van der Waals surface area contributed by atoms with Gasteiger partial charge in [-0.05, 0) is 12.1 Å². The zero-order valence-corrected chi connectivity index (χ0v) is 7.34. The number of aromatic hydroxyl groups is 1. The number of para-hydroxylation sites is 1. The molecule has 1 aromatic carbocycles. The highest BCUT2D eigenvalue weighted by Gasteiger charge is 2.11. The Bertz CT molecular complexity index is 309. The summed E-state index contributed by atoms with van der Waals surface area (Å²) in [7, 11) is 1.26. The van der Waals surface area contributed by atoms with Gasteiger partial charge in [0.2, 0.25) is 0 Å². The molecule has 0 bridgehead atoms. The van der Waals surface area contributed by atoms with Gasteiger partial charge in [-0.25, -0.2) is 4.79 Å². The fourth-order valence-corrected chi connectivity index (χ4v) is 1.01. The van der Waals surface area contributed by atoms with E-state index in [0.717, 1.165) is 0 Å². The third-order valence-corrected chi connectivity index (χ3v) is 1.78. The van der Waals surface area contributed by atoms with Gasteiger partial charge in [0.15, 0.2) is 0 Å². The Hall–Kier alpha value is -1.16. The molecule has 64 valence electrons. The molecule has 12 heavy (non-hydrogen) atoms. The lowest BCUT2D eigenvalue weighted by atomic mass is 10.2. The smallest absolute Gasteiger partial charge is 0.341 e. The average molecular weight is 184 g/mol. The normalized spacial score (nSPS) is 9.50. The fraction of sp³-hybridized carbons (Fsp3) is 0.125. The lowest BCUT2D eigenvalue weighted by Crippen LogP contribution is -2.01. The first kappa shape index (κ1) is 8.93. The zero-order chi connectivity index (χ0) is 9.14. The summed E-state index contributed by atoms with van der Waals surface area (Å²) in [5, 5.41) is 9.32. The molecule has 3 nitrogen and oxygen atoms in total. The maximum absolute atomic E-state index is 11.0. The minimum absolute atomic E-state index is 0.130. The molecule has 0 unspecified atom stereocenters. The van der Waals surface area contributed by atoms with Crippen molar-refractivity contribution in [1.82, 2.24) is 0 Å². The maximum atomic E-state index is 11.0. The second-order valence-corrected chi connectivity index (χ2v) is 2.65. The molecule has 1 aromatic rings. The maximum Gasteiger partial charge on any atom is 0.341 e. The largest absolute Gasteiger partial charge is 0.506 e. The van der Waals surface area contributed by atoms with Crippen LogP contribution in [0.4, 0.5) is 0 Å². The van der Waals surface area contributed by atoms with Crippen LogP contribution in [0.3, 0.4) is 0 Å². The van der Waals surface area contributed by atoms with E-state index in [0.29, 0.717) is 4.90 Å². The Labute approximate surface area is 75.4 Å². The number of phenols is 1. The molecule has 0 spiro atoms. The van der Waals surface area contributed by atoms with Gasteiger partial charge < -0.3 is 9.84 Å². The van der Waals surface area contributed by atoms with Crippen molar-refractivity contribution in [3.63, 3.8) is 0 Å². The van der Waals surface area contributed by atoms with E-state index in [-0.39, 0.29) is 11.3 Å². The molecule has 0 saturated heterocycles. The van der Waals surface area contributed by atoms with E-state index < -0.39 is 5.97 Å². The molecule has 0 atom stereocenters. The van der Waals surface area contributed by atoms with E-state index >= 15 is 0 Å². The Morgan fingerprint density at radius 3 is 2.83 bits per heavy atom. The molecule has 1 rings (SSSR count). The summed E-state index contributed by atoms with van der Waals surface area (Å²) < 4.78 is 4.44. The molecule has 0 aromatic heterocycles. The predicted octanol–water partition coefficient (Wildman–Crippen LogP) is 1.47. The molecule has 4 heteroatoms. The molecule has 0 radical (unpaired) electrons. The number of rotatable bonds is 1. The first-order valence-electron chi connectivity index (χ1n) is 3.26. The van der Waals surface area contributed by atoms with E-state index in [4.69, 9.17) is 0 Å². The number of thiol groups is 1. The van der Waals surface area contributed by atoms with E-state index in [1.165, 1.54) is 13.2 Å². The summed E-state index contributed by atoms with van der Waals surface area (Å²) in [4.78, 5) is 11.3. The van der Waals surface area contributed by atoms with Gasteiger partial charge in [0.05, 0.1) is 7.11 Å². The minimum atomic E-state index is -0.566. The van der Waals surface area contributed by atoms with Crippen LogP contribution in [-0.2, 0) is 4.74 Å². The highest BCUT2D eigenvalue weighted by molar-refractivity contribution is 7.80. The van der Waals surface area contributed by atoms with Gasteiger partial charge >= 0.3 is 5.97 Å². The number of hydrogen-bond donors (Lipinski definition) is 2. The summed E-state index contributed by atoms with van der Waals surface area (Å²) in [6.45, 7) is 0. The van der Waals surface area contributed by atoms with Gasteiger partial charge in [0, 0.05) is 4.90 Å². The Morgan fingerprint density at radius 2 is 2.25 bits per heavy atom. The molecule has 0 amide bonds. The minimum Gasteiger partial charge on any atom is -0.506 e. The van der Waals surface area contributed by atoms with E-state index in [2.05, 4.69) is 17.4 Å². The van der Waals surface area contributed by atoms with Crippen molar-refractivity contribution in [3.05, 3.63) is 23.8 Å². The fourth-order valence-electron chi connectivity index (χ4n) is 0.806. The zero-order valence-electron chi connectivity index (χ0n) is 6.44. The van der Waals surface area contributed by atoms with Crippen LogP contribution < -0.4 is 0 Å². The van der Waals surface area contributed by atoms with Crippen LogP contribution in [0.15, 0.2) is 23.1 Å². The lowest BCUT2D eigenvalue weighted by molar-refractivity contribution is 0.0597. The quantitative estimate of drug-likeness (QED) is 0.513. The van der Waals surface area contributed by atoms with Gasteiger partial charge in [0.1, 0.15) is 11.3 Å². The van der Waals surface area contributed by atoms with Crippen LogP contribution in [0.1, 0.15) is 10.4 Å². The monoisotopic (exact) mass is 184 g/mol. The van der Waals surface area contributed by atoms with Gasteiger partial charge in [-0.2, -0.15) is 0 Å². The Balaban J connectivity index is 3.16. The molecule has 0 aliphatic rings. The van der Waals surface area contributed by atoms with E-state index in [1.807, 2.05) is 0 Å². The first-order chi connectivity index (χ1) is 5.66. The molecule has 0 aliphatic carbocycles. The van der Waals surface area contributed by atoms with E-state index in [1.54, 1.807) is 12.1 Å². The highest BCUT2D eigenvalue weighted by atomic mass is 32.1. The van der Waals surface area contributed by atoms with Crippen molar-refractivity contribution < 1.29 is 14.6 Å². The van der Waals surface area contributed by atoms with Crippen LogP contribution >= 0.6 is 12.6 Å². The standard InChI is InChI=1S/C8H8O3S/c1-11-8(10)5-3-2-4-6(12)7(5)9/h2-4,9,12H,1H3. The Morgan fingerprint density at radius 1 is 1.58 bits per heavy atom. The summed E-state index contributed by atoms with van der Waals surface area (Å²) in [6, 6.07) is 4.68. The van der Waals surface area contributed by atoms with Crippen molar-refractivity contribution in [3.8, 4) is 5.75 Å². The predicted molar refractivity (Wildman–Crippen MR) is 46.7 cm³/mol. The first-order valence-corrected chi connectivity index (χ1v) is 3.70. The number of hydrogen-bond acceptors (Lipinski definition) is 4. The van der Waals surface area contributed by atoms with Gasteiger partial charge in [-0.1, -0.05) is 6.07 Å². The number of carbonyl (C=O) groups is 1. The van der Waals surface area contributed by atoms with E-state index in [9.17, 15) is 9.90 Å². The molecular weight excluding hydrogens is 176 g/mol. The SMILES string of the molecule is COC(=O)c1cccc(S)c1O. The van der Waals surface area contributed by atoms with Crippen molar-refractivity contribution in [2.24, 2.45) is 0 Å². The molecular formula is C8H8O3S. The number of methoxy groups -OCH3 is 1. The van der Waals surface area contributed by atoms with Crippen molar-refractivity contribution in [1.29, 1.82) is 0 Å². The molecule has 1 N–H and O–H groups in total. The van der Waals surface area contributed by atoms with Crippen LogP contribution in [0, 0.1) is 0 Å². The van der Waals surface area contributed by atoms with Crippen LogP contribution in [0.2, 0.25) is 0 Å². The second-order valence-electron chi connectivity index (χ2n) is 2.16.